The van der Waals surface area contributed by atoms with Gasteiger partial charge in [-0.15, -0.1) is 0 Å². The number of hydrogen-bond donors (Lipinski definition) is 2. The molecule has 0 bridgehead atoms. The molecular formula is C12H13ClN2O5S. The van der Waals surface area contributed by atoms with E-state index in [1.54, 1.807) is 12.1 Å². The van der Waals surface area contributed by atoms with Crippen molar-refractivity contribution < 1.29 is 23.1 Å². The average molecular weight is 333 g/mol. The van der Waals surface area contributed by atoms with Crippen LogP contribution in [0.4, 0.5) is 0 Å². The summed E-state index contributed by atoms with van der Waals surface area (Å²) in [5.41, 5.74) is 0.232. The Hall–Kier alpha value is -1.64. The van der Waals surface area contributed by atoms with Gasteiger partial charge >= 0.3 is 5.97 Å². The summed E-state index contributed by atoms with van der Waals surface area (Å²) in [6.45, 7) is -0.264. The SMILES string of the molecule is NS(=O)(=O)C1CC(=O)N([C@@H](C(=O)O)c2ccccc2Cl)C1. The maximum absolute atomic E-state index is 12.0. The van der Waals surface area contributed by atoms with E-state index in [4.69, 9.17) is 16.7 Å². The molecule has 1 aliphatic rings. The maximum atomic E-state index is 12.0. The van der Waals surface area contributed by atoms with Crippen molar-refractivity contribution in [3.63, 3.8) is 0 Å². The standard InChI is InChI=1S/C12H13ClN2O5S/c13-9-4-2-1-3-8(9)11(12(17)18)15-6-7(5-10(15)16)21(14,19)20/h1-4,7,11H,5-6H2,(H,17,18)(H2,14,19,20)/t7?,11-/m1/s1. The highest BCUT2D eigenvalue weighted by Crippen LogP contribution is 2.32. The van der Waals surface area contributed by atoms with Gasteiger partial charge in [0.1, 0.15) is 5.25 Å². The molecule has 0 spiro atoms. The number of sulfonamides is 1. The first kappa shape index (κ1) is 15.7. The Morgan fingerprint density at radius 3 is 2.52 bits per heavy atom. The molecule has 7 nitrogen and oxygen atoms in total. The zero-order valence-electron chi connectivity index (χ0n) is 10.8. The van der Waals surface area contributed by atoms with Gasteiger partial charge in [-0.05, 0) is 6.07 Å². The lowest BCUT2D eigenvalue weighted by Gasteiger charge is -2.25. The van der Waals surface area contributed by atoms with Gasteiger partial charge in [-0.1, -0.05) is 29.8 Å². The zero-order chi connectivity index (χ0) is 15.8. The van der Waals surface area contributed by atoms with Crippen LogP contribution in [0.15, 0.2) is 24.3 Å². The van der Waals surface area contributed by atoms with Gasteiger partial charge in [0, 0.05) is 23.6 Å². The number of nitrogens with two attached hydrogens (primary N) is 1. The van der Waals surface area contributed by atoms with Gasteiger partial charge in [-0.25, -0.2) is 18.4 Å². The number of primary sulfonamides is 1. The van der Waals surface area contributed by atoms with Crippen molar-refractivity contribution in [1.82, 2.24) is 4.90 Å². The quantitative estimate of drug-likeness (QED) is 0.825. The molecule has 2 rings (SSSR count). The Labute approximate surface area is 126 Å². The predicted molar refractivity (Wildman–Crippen MR) is 75.1 cm³/mol. The highest BCUT2D eigenvalue weighted by Gasteiger charge is 2.43. The van der Waals surface area contributed by atoms with Crippen LogP contribution in [0.2, 0.25) is 5.02 Å². The molecule has 1 aliphatic heterocycles. The molecule has 1 amide bonds. The fourth-order valence-corrected chi connectivity index (χ4v) is 3.28. The van der Waals surface area contributed by atoms with E-state index >= 15 is 0 Å². The topological polar surface area (TPSA) is 118 Å². The van der Waals surface area contributed by atoms with Crippen molar-refractivity contribution >= 4 is 33.5 Å². The lowest BCUT2D eigenvalue weighted by atomic mass is 10.1. The van der Waals surface area contributed by atoms with E-state index in [-0.39, 0.29) is 23.6 Å². The predicted octanol–water partition coefficient (Wildman–Crippen LogP) is 0.355. The highest BCUT2D eigenvalue weighted by atomic mass is 35.5. The normalized spacial score (nSPS) is 20.6. The van der Waals surface area contributed by atoms with Crippen molar-refractivity contribution in [1.29, 1.82) is 0 Å². The second-order valence-corrected chi connectivity index (χ2v) is 6.98. The smallest absolute Gasteiger partial charge is 0.331 e. The van der Waals surface area contributed by atoms with Gasteiger partial charge in [-0.3, -0.25) is 4.79 Å². The van der Waals surface area contributed by atoms with Gasteiger partial charge in [0.2, 0.25) is 15.9 Å². The third-order valence-corrected chi connectivity index (χ3v) is 4.92. The molecule has 114 valence electrons. The van der Waals surface area contributed by atoms with Crippen molar-refractivity contribution in [2.45, 2.75) is 17.7 Å². The zero-order valence-corrected chi connectivity index (χ0v) is 12.3. The Morgan fingerprint density at radius 2 is 2.05 bits per heavy atom. The third-order valence-electron chi connectivity index (χ3n) is 3.33. The van der Waals surface area contributed by atoms with E-state index in [9.17, 15) is 23.1 Å². The first-order valence-electron chi connectivity index (χ1n) is 6.00. The summed E-state index contributed by atoms with van der Waals surface area (Å²) < 4.78 is 22.7. The lowest BCUT2D eigenvalue weighted by Crippen LogP contribution is -2.37. The van der Waals surface area contributed by atoms with Crippen molar-refractivity contribution in [3.8, 4) is 0 Å². The third kappa shape index (κ3) is 3.17. The largest absolute Gasteiger partial charge is 0.479 e. The summed E-state index contributed by atoms with van der Waals surface area (Å²) in [6.07, 6.45) is -0.326. The number of amides is 1. The van der Waals surface area contributed by atoms with E-state index in [0.29, 0.717) is 0 Å². The monoisotopic (exact) mass is 332 g/mol. The maximum Gasteiger partial charge on any atom is 0.331 e. The second-order valence-electron chi connectivity index (χ2n) is 4.72. The molecule has 0 saturated carbocycles. The van der Waals surface area contributed by atoms with E-state index < -0.39 is 33.2 Å². The minimum absolute atomic E-state index is 0.191. The number of carbonyl (C=O) groups is 2. The van der Waals surface area contributed by atoms with Crippen LogP contribution < -0.4 is 5.14 Å². The number of carbonyl (C=O) groups excluding carboxylic acids is 1. The second kappa shape index (κ2) is 5.63. The molecular weight excluding hydrogens is 320 g/mol. The summed E-state index contributed by atoms with van der Waals surface area (Å²) in [7, 11) is -3.91. The van der Waals surface area contributed by atoms with Gasteiger partial charge < -0.3 is 10.0 Å². The number of aliphatic carboxylic acids is 1. The van der Waals surface area contributed by atoms with Crippen molar-refractivity contribution in [2.24, 2.45) is 5.14 Å². The number of hydrogen-bond acceptors (Lipinski definition) is 4. The highest BCUT2D eigenvalue weighted by molar-refractivity contribution is 7.89. The number of rotatable bonds is 4. The van der Waals surface area contributed by atoms with Gasteiger partial charge in [-0.2, -0.15) is 0 Å². The molecule has 1 saturated heterocycles. The van der Waals surface area contributed by atoms with Crippen LogP contribution in [-0.2, 0) is 19.6 Å². The van der Waals surface area contributed by atoms with E-state index in [1.165, 1.54) is 12.1 Å². The Bertz CT molecular complexity index is 691. The minimum atomic E-state index is -3.91. The first-order valence-corrected chi connectivity index (χ1v) is 7.99. The van der Waals surface area contributed by atoms with Crippen molar-refractivity contribution in [3.05, 3.63) is 34.9 Å². The summed E-state index contributed by atoms with van der Waals surface area (Å²) >= 11 is 5.97. The number of carboxylic acid groups (broad SMARTS) is 1. The van der Waals surface area contributed by atoms with Gasteiger partial charge in [0.05, 0.1) is 0 Å². The molecule has 2 atom stereocenters. The van der Waals surface area contributed by atoms with E-state index in [0.717, 1.165) is 4.90 Å². The Kier molecular flexibility index (Phi) is 4.22. The number of carboxylic acids is 1. The summed E-state index contributed by atoms with van der Waals surface area (Å²) in [5, 5.41) is 13.5. The molecule has 21 heavy (non-hydrogen) atoms. The molecule has 0 radical (unpaired) electrons. The number of likely N-dealkylation sites (tertiary alicyclic amines) is 1. The van der Waals surface area contributed by atoms with E-state index in [1.807, 2.05) is 0 Å². The molecule has 1 aromatic carbocycles. The van der Waals surface area contributed by atoms with Crippen LogP contribution in [0.5, 0.6) is 0 Å². The molecule has 0 aliphatic carbocycles. The molecule has 3 N–H and O–H groups in total. The molecule has 1 aromatic rings. The van der Waals surface area contributed by atoms with Crippen LogP contribution >= 0.6 is 11.6 Å². The molecule has 0 aromatic heterocycles. The summed E-state index contributed by atoms with van der Waals surface area (Å²) in [4.78, 5) is 24.5. The Balaban J connectivity index is 2.39. The van der Waals surface area contributed by atoms with Gasteiger partial charge in [0.25, 0.3) is 0 Å². The lowest BCUT2D eigenvalue weighted by molar-refractivity contribution is -0.148. The fraction of sp³-hybridized carbons (Fsp3) is 0.333. The summed E-state index contributed by atoms with van der Waals surface area (Å²) in [6, 6.07) is 4.87. The first-order chi connectivity index (χ1) is 9.71. The Morgan fingerprint density at radius 1 is 1.43 bits per heavy atom. The van der Waals surface area contributed by atoms with Crippen LogP contribution in [0.1, 0.15) is 18.0 Å². The summed E-state index contributed by atoms with van der Waals surface area (Å²) in [5.74, 6) is -1.87. The van der Waals surface area contributed by atoms with Crippen LogP contribution in [0.25, 0.3) is 0 Å². The fourth-order valence-electron chi connectivity index (χ4n) is 2.30. The van der Waals surface area contributed by atoms with E-state index in [2.05, 4.69) is 0 Å². The number of halogens is 1. The number of nitrogens with zero attached hydrogens (tertiary/aromatic N) is 1. The van der Waals surface area contributed by atoms with Crippen LogP contribution in [-0.4, -0.2) is 42.1 Å². The van der Waals surface area contributed by atoms with Crippen LogP contribution in [0, 0.1) is 0 Å². The minimum Gasteiger partial charge on any atom is -0.479 e. The van der Waals surface area contributed by atoms with Crippen LogP contribution in [0.3, 0.4) is 0 Å². The molecule has 1 heterocycles. The average Bonchev–Trinajstić information content (AvgIpc) is 2.74. The van der Waals surface area contributed by atoms with Crippen molar-refractivity contribution in [2.75, 3.05) is 6.54 Å². The molecule has 1 fully saturated rings. The van der Waals surface area contributed by atoms with Gasteiger partial charge in [0.15, 0.2) is 6.04 Å². The molecule has 9 heteroatoms. The number of benzene rings is 1. The molecule has 1 unspecified atom stereocenters.